The molecule has 1 fully saturated rings. The second kappa shape index (κ2) is 9.17. The van der Waals surface area contributed by atoms with E-state index in [0.717, 1.165) is 40.8 Å². The lowest BCUT2D eigenvalue weighted by molar-refractivity contribution is 0.155. The van der Waals surface area contributed by atoms with Gasteiger partial charge in [-0.2, -0.15) is 5.10 Å². The molecule has 2 N–H and O–H groups in total. The maximum Gasteiger partial charge on any atom is 0.153 e. The topological polar surface area (TPSA) is 75.7 Å². The van der Waals surface area contributed by atoms with Crippen LogP contribution in [0.1, 0.15) is 62.0 Å². The number of hydrogen-bond acceptors (Lipinski definition) is 5. The van der Waals surface area contributed by atoms with Crippen LogP contribution in [0.4, 0.5) is 16.0 Å². The number of aryl methyl sites for hydroxylation is 1. The van der Waals surface area contributed by atoms with Crippen molar-refractivity contribution in [2.24, 2.45) is 0 Å². The Morgan fingerprint density at radius 3 is 2.55 bits per heavy atom. The smallest absolute Gasteiger partial charge is 0.153 e. The average molecular weight is 446 g/mol. The molecular weight excluding hydrogens is 417 g/mol. The van der Waals surface area contributed by atoms with E-state index in [9.17, 15) is 4.39 Å². The Kier molecular flexibility index (Phi) is 5.94. The minimum absolute atomic E-state index is 0.112. The molecule has 2 aromatic heterocycles. The maximum atomic E-state index is 13.4. The fraction of sp³-hybridized carbons (Fsp3) is 0.346. The molecule has 1 aliphatic carbocycles. The number of nitrogens with zero attached hydrogens (tertiary/aromatic N) is 3. The van der Waals surface area contributed by atoms with Crippen LogP contribution in [0.3, 0.4) is 0 Å². The van der Waals surface area contributed by atoms with Crippen molar-refractivity contribution in [3.05, 3.63) is 71.4 Å². The van der Waals surface area contributed by atoms with E-state index in [2.05, 4.69) is 15.5 Å². The molecule has 1 atom stereocenters. The van der Waals surface area contributed by atoms with Gasteiger partial charge in [0.15, 0.2) is 5.82 Å². The van der Waals surface area contributed by atoms with E-state index in [0.29, 0.717) is 17.5 Å². The first-order chi connectivity index (χ1) is 16.0. The Bertz CT molecular complexity index is 1250. The molecule has 7 heteroatoms. The SMILES string of the molecule is Cc1cc(Nc2nc(C(C)c3ccc(F)cc3)nc3cc(OC4CCCCC4)ccc23)n[nH]1. The molecule has 0 saturated heterocycles. The number of nitrogens with one attached hydrogen (secondary N) is 2. The highest BCUT2D eigenvalue weighted by Crippen LogP contribution is 2.32. The van der Waals surface area contributed by atoms with Crippen LogP contribution in [0, 0.1) is 12.7 Å². The zero-order chi connectivity index (χ0) is 22.8. The van der Waals surface area contributed by atoms with Crippen molar-refractivity contribution >= 4 is 22.5 Å². The number of anilines is 2. The Morgan fingerprint density at radius 2 is 1.82 bits per heavy atom. The van der Waals surface area contributed by atoms with Gasteiger partial charge < -0.3 is 10.1 Å². The van der Waals surface area contributed by atoms with Gasteiger partial charge in [-0.15, -0.1) is 0 Å². The van der Waals surface area contributed by atoms with Gasteiger partial charge in [-0.3, -0.25) is 5.10 Å². The normalized spacial score (nSPS) is 15.5. The van der Waals surface area contributed by atoms with Gasteiger partial charge in [0, 0.05) is 29.1 Å². The molecule has 1 aliphatic rings. The van der Waals surface area contributed by atoms with Crippen LogP contribution >= 0.6 is 0 Å². The van der Waals surface area contributed by atoms with Crippen molar-refractivity contribution < 1.29 is 9.13 Å². The zero-order valence-corrected chi connectivity index (χ0v) is 18.9. The van der Waals surface area contributed by atoms with E-state index in [-0.39, 0.29) is 17.8 Å². The van der Waals surface area contributed by atoms with Crippen molar-refractivity contribution in [3.8, 4) is 5.75 Å². The Labute approximate surface area is 192 Å². The second-order valence-electron chi connectivity index (χ2n) is 8.82. The largest absolute Gasteiger partial charge is 0.490 e. The summed E-state index contributed by atoms with van der Waals surface area (Å²) in [6.07, 6.45) is 6.19. The molecule has 1 saturated carbocycles. The molecule has 0 aliphatic heterocycles. The van der Waals surface area contributed by atoms with E-state index in [1.807, 2.05) is 38.1 Å². The van der Waals surface area contributed by atoms with Gasteiger partial charge in [-0.1, -0.05) is 25.5 Å². The summed E-state index contributed by atoms with van der Waals surface area (Å²) in [6, 6.07) is 14.4. The van der Waals surface area contributed by atoms with Gasteiger partial charge >= 0.3 is 0 Å². The van der Waals surface area contributed by atoms with Gasteiger partial charge in [0.1, 0.15) is 23.2 Å². The highest BCUT2D eigenvalue weighted by molar-refractivity contribution is 5.91. The number of H-pyrrole nitrogens is 1. The maximum absolute atomic E-state index is 13.4. The molecular formula is C26H28FN5O. The predicted molar refractivity (Wildman–Crippen MR) is 128 cm³/mol. The average Bonchev–Trinajstić information content (AvgIpc) is 3.24. The number of benzene rings is 2. The van der Waals surface area contributed by atoms with Crippen LogP contribution in [0.25, 0.3) is 10.9 Å². The minimum Gasteiger partial charge on any atom is -0.490 e. The lowest BCUT2D eigenvalue weighted by atomic mass is 9.98. The second-order valence-corrected chi connectivity index (χ2v) is 8.82. The summed E-state index contributed by atoms with van der Waals surface area (Å²) in [5, 5.41) is 11.5. The van der Waals surface area contributed by atoms with Crippen molar-refractivity contribution in [2.75, 3.05) is 5.32 Å². The first-order valence-corrected chi connectivity index (χ1v) is 11.6. The number of aromatic nitrogens is 4. The van der Waals surface area contributed by atoms with Crippen LogP contribution < -0.4 is 10.1 Å². The summed E-state index contributed by atoms with van der Waals surface area (Å²) < 4.78 is 19.7. The molecule has 0 bridgehead atoms. The number of fused-ring (bicyclic) bond motifs is 1. The van der Waals surface area contributed by atoms with Crippen LogP contribution in [0.5, 0.6) is 5.75 Å². The van der Waals surface area contributed by atoms with Gasteiger partial charge in [0.25, 0.3) is 0 Å². The first-order valence-electron chi connectivity index (χ1n) is 11.6. The highest BCUT2D eigenvalue weighted by Gasteiger charge is 2.18. The Morgan fingerprint density at radius 1 is 1.03 bits per heavy atom. The summed E-state index contributed by atoms with van der Waals surface area (Å²) in [4.78, 5) is 9.72. The molecule has 2 heterocycles. The van der Waals surface area contributed by atoms with E-state index >= 15 is 0 Å². The van der Waals surface area contributed by atoms with Crippen molar-refractivity contribution in [3.63, 3.8) is 0 Å². The van der Waals surface area contributed by atoms with Crippen LogP contribution in [-0.2, 0) is 0 Å². The minimum atomic E-state index is -0.258. The zero-order valence-electron chi connectivity index (χ0n) is 18.9. The molecule has 170 valence electrons. The van der Waals surface area contributed by atoms with Gasteiger partial charge in [-0.25, -0.2) is 14.4 Å². The number of ether oxygens (including phenoxy) is 1. The highest BCUT2D eigenvalue weighted by atomic mass is 19.1. The predicted octanol–water partition coefficient (Wildman–Crippen LogP) is 6.41. The van der Waals surface area contributed by atoms with Crippen LogP contribution in [-0.4, -0.2) is 26.3 Å². The molecule has 4 aromatic rings. The molecule has 1 unspecified atom stereocenters. The molecule has 6 nitrogen and oxygen atoms in total. The number of rotatable bonds is 6. The third kappa shape index (κ3) is 4.82. The molecule has 0 amide bonds. The third-order valence-corrected chi connectivity index (χ3v) is 6.25. The van der Waals surface area contributed by atoms with Crippen molar-refractivity contribution in [1.82, 2.24) is 20.2 Å². The number of halogens is 1. The van der Waals surface area contributed by atoms with E-state index in [1.54, 1.807) is 12.1 Å². The van der Waals surface area contributed by atoms with Gasteiger partial charge in [0.2, 0.25) is 0 Å². The summed E-state index contributed by atoms with van der Waals surface area (Å²) in [5.74, 6) is 2.48. The van der Waals surface area contributed by atoms with Gasteiger partial charge in [-0.05, 0) is 62.4 Å². The summed E-state index contributed by atoms with van der Waals surface area (Å²) in [7, 11) is 0. The summed E-state index contributed by atoms with van der Waals surface area (Å²) in [5.41, 5.74) is 2.71. The number of hydrogen-bond donors (Lipinski definition) is 2. The fourth-order valence-corrected chi connectivity index (χ4v) is 4.37. The Hall–Kier alpha value is -3.48. The van der Waals surface area contributed by atoms with Crippen LogP contribution in [0.15, 0.2) is 48.5 Å². The molecule has 0 spiro atoms. The summed E-state index contributed by atoms with van der Waals surface area (Å²) >= 11 is 0. The molecule has 0 radical (unpaired) electrons. The Balaban J connectivity index is 1.54. The van der Waals surface area contributed by atoms with E-state index in [4.69, 9.17) is 14.7 Å². The van der Waals surface area contributed by atoms with Crippen molar-refractivity contribution in [2.45, 2.75) is 58.0 Å². The third-order valence-electron chi connectivity index (χ3n) is 6.25. The van der Waals surface area contributed by atoms with Crippen molar-refractivity contribution in [1.29, 1.82) is 0 Å². The van der Waals surface area contributed by atoms with E-state index < -0.39 is 0 Å². The quantitative estimate of drug-likeness (QED) is 0.359. The van der Waals surface area contributed by atoms with Gasteiger partial charge in [0.05, 0.1) is 11.6 Å². The lowest BCUT2D eigenvalue weighted by Gasteiger charge is -2.23. The number of aromatic amines is 1. The van der Waals surface area contributed by atoms with E-state index in [1.165, 1.54) is 31.4 Å². The summed E-state index contributed by atoms with van der Waals surface area (Å²) in [6.45, 7) is 3.98. The molecule has 2 aromatic carbocycles. The first kappa shape index (κ1) is 21.4. The standard InChI is InChI=1S/C26H28FN5O/c1-16-14-24(32-31-16)29-26-22-13-12-21(33-20-6-4-3-5-7-20)15-23(22)28-25(30-26)17(2)18-8-10-19(27)11-9-18/h8-15,17,20H,3-7H2,1-2H3,(H2,28,29,30,31,32). The monoisotopic (exact) mass is 445 g/mol. The molecule has 5 rings (SSSR count). The fourth-order valence-electron chi connectivity index (χ4n) is 4.37. The molecule has 33 heavy (non-hydrogen) atoms. The van der Waals surface area contributed by atoms with Crippen LogP contribution in [0.2, 0.25) is 0 Å². The lowest BCUT2D eigenvalue weighted by Crippen LogP contribution is -2.19.